The van der Waals surface area contributed by atoms with Gasteiger partial charge in [0.1, 0.15) is 0 Å². The number of carbonyl (C=O) groups is 1. The molecule has 1 aromatic carbocycles. The molecule has 0 N–H and O–H groups in total. The molecule has 1 amide bonds. The van der Waals surface area contributed by atoms with Crippen LogP contribution in [0.3, 0.4) is 0 Å². The van der Waals surface area contributed by atoms with E-state index in [9.17, 15) is 13.2 Å². The monoisotopic (exact) mass is 380 g/mol. The van der Waals surface area contributed by atoms with Gasteiger partial charge >= 0.3 is 0 Å². The van der Waals surface area contributed by atoms with Crippen LogP contribution in [0.4, 0.5) is 5.69 Å². The van der Waals surface area contributed by atoms with E-state index in [2.05, 4.69) is 17.1 Å². The molecule has 0 unspecified atom stereocenters. The van der Waals surface area contributed by atoms with Crippen LogP contribution in [0, 0.1) is 20.8 Å². The van der Waals surface area contributed by atoms with E-state index >= 15 is 0 Å². The highest BCUT2D eigenvalue weighted by atomic mass is 32.2. The Kier molecular flexibility index (Phi) is 4.99. The molecule has 0 spiro atoms. The predicted octanol–water partition coefficient (Wildman–Crippen LogP) is 3.01. The molecule has 2 fully saturated rings. The molecule has 2 heterocycles. The van der Waals surface area contributed by atoms with E-state index in [-0.39, 0.29) is 28.7 Å². The van der Waals surface area contributed by atoms with Crippen molar-refractivity contribution in [1.82, 2.24) is 0 Å². The van der Waals surface area contributed by atoms with E-state index < -0.39 is 9.84 Å². The minimum Gasteiger partial charge on any atom is -0.315 e. The van der Waals surface area contributed by atoms with Crippen molar-refractivity contribution in [2.75, 3.05) is 16.4 Å². The molecule has 136 valence electrons. The maximum absolute atomic E-state index is 12.1. The second-order valence-corrected chi connectivity index (χ2v) is 10.3. The molecule has 0 bridgehead atoms. The minimum absolute atomic E-state index is 0.0571. The number of thioether (sulfide) groups is 1. The minimum atomic E-state index is -3.04. The smallest absolute Gasteiger partial charge is 0.248 e. The molecule has 2 aliphatic heterocycles. The standard InChI is InChI=1S/C18H24N2O3S2/c1-5-6-16(21)19-18-20(14-9-25(22,23)10-15(14)24-18)17-12(3)7-11(2)8-13(17)4/h7-8,14-15H,5-6,9-10H2,1-4H3/t14-,15+/m0/s1. The zero-order chi connectivity index (χ0) is 18.4. The Morgan fingerprint density at radius 2 is 1.88 bits per heavy atom. The van der Waals surface area contributed by atoms with Crippen LogP contribution in [0.5, 0.6) is 0 Å². The Bertz CT molecular complexity index is 823. The lowest BCUT2D eigenvalue weighted by atomic mass is 10.0. The maximum Gasteiger partial charge on any atom is 0.248 e. The Labute approximate surface area is 153 Å². The summed E-state index contributed by atoms with van der Waals surface area (Å²) in [5.41, 5.74) is 4.32. The lowest BCUT2D eigenvalue weighted by Crippen LogP contribution is -2.38. The first kappa shape index (κ1) is 18.5. The zero-order valence-electron chi connectivity index (χ0n) is 15.1. The summed E-state index contributed by atoms with van der Waals surface area (Å²) in [6, 6.07) is 4.04. The van der Waals surface area contributed by atoms with Crippen LogP contribution in [0.25, 0.3) is 0 Å². The molecule has 25 heavy (non-hydrogen) atoms. The highest BCUT2D eigenvalue weighted by Crippen LogP contribution is 2.43. The van der Waals surface area contributed by atoms with Gasteiger partial charge in [0.05, 0.1) is 17.5 Å². The van der Waals surface area contributed by atoms with Crippen molar-refractivity contribution in [3.05, 3.63) is 28.8 Å². The summed E-state index contributed by atoms with van der Waals surface area (Å²) >= 11 is 1.44. The Morgan fingerprint density at radius 1 is 1.24 bits per heavy atom. The van der Waals surface area contributed by atoms with E-state index in [0.29, 0.717) is 11.6 Å². The molecule has 3 rings (SSSR count). The predicted molar refractivity (Wildman–Crippen MR) is 104 cm³/mol. The van der Waals surface area contributed by atoms with E-state index in [1.807, 2.05) is 32.6 Å². The number of amidine groups is 1. The third-order valence-electron chi connectivity index (χ3n) is 4.63. The van der Waals surface area contributed by atoms with Crippen molar-refractivity contribution in [2.24, 2.45) is 4.99 Å². The molecule has 2 saturated heterocycles. The summed E-state index contributed by atoms with van der Waals surface area (Å²) in [5, 5.41) is 0.594. The van der Waals surface area contributed by atoms with Crippen molar-refractivity contribution in [1.29, 1.82) is 0 Å². The van der Waals surface area contributed by atoms with Crippen LogP contribution in [-0.2, 0) is 14.6 Å². The lowest BCUT2D eigenvalue weighted by molar-refractivity contribution is -0.117. The average Bonchev–Trinajstić information content (AvgIpc) is 2.91. The number of benzene rings is 1. The van der Waals surface area contributed by atoms with Crippen LogP contribution < -0.4 is 4.90 Å². The van der Waals surface area contributed by atoms with Gasteiger partial charge in [-0.05, 0) is 38.3 Å². The molecule has 2 atom stereocenters. The highest BCUT2D eigenvalue weighted by molar-refractivity contribution is 8.16. The third kappa shape index (κ3) is 3.62. The average molecular weight is 381 g/mol. The molecule has 2 aliphatic rings. The molecular formula is C18H24N2O3S2. The quantitative estimate of drug-likeness (QED) is 0.806. The first-order valence-corrected chi connectivity index (χ1v) is 11.3. The highest BCUT2D eigenvalue weighted by Gasteiger charge is 2.49. The van der Waals surface area contributed by atoms with Gasteiger partial charge in [-0.3, -0.25) is 4.79 Å². The third-order valence-corrected chi connectivity index (χ3v) is 7.84. The SMILES string of the molecule is CCCC(=O)N=C1S[C@@H]2CS(=O)(=O)C[C@@H]2N1c1c(C)cc(C)cc1C. The van der Waals surface area contributed by atoms with Crippen LogP contribution >= 0.6 is 11.8 Å². The van der Waals surface area contributed by atoms with Gasteiger partial charge in [-0.25, -0.2) is 8.42 Å². The van der Waals surface area contributed by atoms with Crippen molar-refractivity contribution in [2.45, 2.75) is 51.8 Å². The summed E-state index contributed by atoms with van der Waals surface area (Å²) < 4.78 is 24.3. The number of nitrogens with zero attached hydrogens (tertiary/aromatic N) is 2. The second kappa shape index (κ2) is 6.76. The number of rotatable bonds is 3. The Hall–Kier alpha value is -1.34. The van der Waals surface area contributed by atoms with Gasteiger partial charge in [0.25, 0.3) is 0 Å². The number of anilines is 1. The molecule has 0 aromatic heterocycles. The lowest BCUT2D eigenvalue weighted by Gasteiger charge is -2.28. The number of aliphatic imine (C=N–C) groups is 1. The van der Waals surface area contributed by atoms with Crippen molar-refractivity contribution in [3.63, 3.8) is 0 Å². The maximum atomic E-state index is 12.1. The summed E-state index contributed by atoms with van der Waals surface area (Å²) in [6.07, 6.45) is 1.17. The zero-order valence-corrected chi connectivity index (χ0v) is 16.7. The number of hydrogen-bond acceptors (Lipinski definition) is 4. The fraction of sp³-hybridized carbons (Fsp3) is 0.556. The van der Waals surface area contributed by atoms with Crippen molar-refractivity contribution < 1.29 is 13.2 Å². The summed E-state index contributed by atoms with van der Waals surface area (Å²) in [5.74, 6) is 0.141. The molecule has 1 aromatic rings. The van der Waals surface area contributed by atoms with E-state index in [4.69, 9.17) is 0 Å². The van der Waals surface area contributed by atoms with E-state index in [1.165, 1.54) is 17.3 Å². The first-order valence-electron chi connectivity index (χ1n) is 8.57. The number of carbonyl (C=O) groups excluding carboxylic acids is 1. The largest absolute Gasteiger partial charge is 0.315 e. The molecule has 0 saturated carbocycles. The van der Waals surface area contributed by atoms with Gasteiger partial charge in [0, 0.05) is 17.4 Å². The second-order valence-electron chi connectivity index (χ2n) is 6.96. The Morgan fingerprint density at radius 3 is 2.48 bits per heavy atom. The van der Waals surface area contributed by atoms with Crippen LogP contribution in [-0.4, -0.2) is 42.3 Å². The van der Waals surface area contributed by atoms with Gasteiger partial charge in [0.2, 0.25) is 5.91 Å². The molecule has 5 nitrogen and oxygen atoms in total. The number of fused-ring (bicyclic) bond motifs is 1. The molecule has 0 aliphatic carbocycles. The normalized spacial score (nSPS) is 26.2. The summed E-state index contributed by atoms with van der Waals surface area (Å²) in [4.78, 5) is 18.4. The molecular weight excluding hydrogens is 356 g/mol. The fourth-order valence-corrected chi connectivity index (χ4v) is 7.67. The summed E-state index contributed by atoms with van der Waals surface area (Å²) in [6.45, 7) is 8.06. The van der Waals surface area contributed by atoms with Gasteiger partial charge in [-0.1, -0.05) is 36.4 Å². The van der Waals surface area contributed by atoms with Gasteiger partial charge in [-0.15, -0.1) is 0 Å². The van der Waals surface area contributed by atoms with Gasteiger partial charge in [-0.2, -0.15) is 4.99 Å². The van der Waals surface area contributed by atoms with Gasteiger partial charge in [0.15, 0.2) is 15.0 Å². The van der Waals surface area contributed by atoms with Crippen molar-refractivity contribution in [3.8, 4) is 0 Å². The fourth-order valence-electron chi connectivity index (χ4n) is 3.75. The van der Waals surface area contributed by atoms with E-state index in [1.54, 1.807) is 0 Å². The molecule has 7 heteroatoms. The number of sulfone groups is 1. The number of amides is 1. The topological polar surface area (TPSA) is 66.8 Å². The van der Waals surface area contributed by atoms with Crippen LogP contribution in [0.1, 0.15) is 36.5 Å². The van der Waals surface area contributed by atoms with Crippen LogP contribution in [0.15, 0.2) is 17.1 Å². The molecule has 0 radical (unpaired) electrons. The van der Waals surface area contributed by atoms with Gasteiger partial charge < -0.3 is 4.90 Å². The van der Waals surface area contributed by atoms with Crippen LogP contribution in [0.2, 0.25) is 0 Å². The Balaban J connectivity index is 2.09. The first-order chi connectivity index (χ1) is 11.7. The van der Waals surface area contributed by atoms with E-state index in [0.717, 1.165) is 23.2 Å². The number of aryl methyl sites for hydroxylation is 3. The summed E-state index contributed by atoms with van der Waals surface area (Å²) in [7, 11) is -3.04. The number of hydrogen-bond donors (Lipinski definition) is 0. The van der Waals surface area contributed by atoms with Crippen molar-refractivity contribution >= 4 is 38.4 Å².